The number of rotatable bonds is 6. The third-order valence-corrected chi connectivity index (χ3v) is 2.61. The SMILES string of the molecule is CCCCC(CC)C[n+]1cc[nH]c1. The van der Waals surface area contributed by atoms with Crippen LogP contribution in [0.4, 0.5) is 0 Å². The maximum absolute atomic E-state index is 3.08. The fourth-order valence-corrected chi connectivity index (χ4v) is 1.65. The quantitative estimate of drug-likeness (QED) is 0.651. The van der Waals surface area contributed by atoms with E-state index in [2.05, 4.69) is 29.6 Å². The van der Waals surface area contributed by atoms with Gasteiger partial charge in [0.2, 0.25) is 6.33 Å². The fraction of sp³-hybridized carbons (Fsp3) is 0.727. The van der Waals surface area contributed by atoms with Crippen molar-refractivity contribution in [3.63, 3.8) is 0 Å². The fourth-order valence-electron chi connectivity index (χ4n) is 1.65. The molecule has 0 saturated heterocycles. The van der Waals surface area contributed by atoms with Crippen molar-refractivity contribution in [3.8, 4) is 0 Å². The van der Waals surface area contributed by atoms with Crippen molar-refractivity contribution in [1.29, 1.82) is 0 Å². The summed E-state index contributed by atoms with van der Waals surface area (Å²) in [5.74, 6) is 0.848. The number of nitrogens with one attached hydrogen (secondary N) is 1. The van der Waals surface area contributed by atoms with Crippen LogP contribution in [0.2, 0.25) is 0 Å². The molecule has 1 rings (SSSR count). The van der Waals surface area contributed by atoms with Crippen LogP contribution in [0.15, 0.2) is 18.7 Å². The number of unbranched alkanes of at least 4 members (excludes halogenated alkanes) is 1. The molecule has 1 atom stereocenters. The first-order valence-corrected chi connectivity index (χ1v) is 5.38. The smallest absolute Gasteiger partial charge is 0.241 e. The molecular weight excluding hydrogens is 160 g/mol. The van der Waals surface area contributed by atoms with E-state index in [0.717, 1.165) is 5.92 Å². The average Bonchev–Trinajstić information content (AvgIpc) is 2.64. The lowest BCUT2D eigenvalue weighted by molar-refractivity contribution is -0.702. The summed E-state index contributed by atoms with van der Waals surface area (Å²) in [5, 5.41) is 0. The Morgan fingerprint density at radius 1 is 1.38 bits per heavy atom. The van der Waals surface area contributed by atoms with E-state index < -0.39 is 0 Å². The predicted molar refractivity (Wildman–Crippen MR) is 54.3 cm³/mol. The van der Waals surface area contributed by atoms with E-state index in [1.54, 1.807) is 0 Å². The number of nitrogens with zero attached hydrogens (tertiary/aromatic N) is 1. The molecule has 0 aromatic carbocycles. The molecule has 13 heavy (non-hydrogen) atoms. The highest BCUT2D eigenvalue weighted by atomic mass is 15.0. The molecule has 1 N–H and O–H groups in total. The largest absolute Gasteiger partial charge is 0.250 e. The van der Waals surface area contributed by atoms with Crippen molar-refractivity contribution in [2.24, 2.45) is 5.92 Å². The molecule has 0 aliphatic rings. The van der Waals surface area contributed by atoms with E-state index in [0.29, 0.717) is 0 Å². The second-order valence-corrected chi connectivity index (χ2v) is 3.72. The zero-order valence-electron chi connectivity index (χ0n) is 8.79. The van der Waals surface area contributed by atoms with Gasteiger partial charge < -0.3 is 0 Å². The minimum absolute atomic E-state index is 0.848. The van der Waals surface area contributed by atoms with Crippen LogP contribution < -0.4 is 4.57 Å². The van der Waals surface area contributed by atoms with Gasteiger partial charge in [0.1, 0.15) is 12.4 Å². The van der Waals surface area contributed by atoms with Gasteiger partial charge in [-0.25, -0.2) is 4.57 Å². The Morgan fingerprint density at radius 2 is 2.23 bits per heavy atom. The minimum Gasteiger partial charge on any atom is -0.250 e. The first kappa shape index (κ1) is 10.3. The van der Waals surface area contributed by atoms with Crippen LogP contribution in [-0.4, -0.2) is 4.98 Å². The van der Waals surface area contributed by atoms with E-state index in [1.807, 2.05) is 12.5 Å². The van der Waals surface area contributed by atoms with Crippen LogP contribution in [0.5, 0.6) is 0 Å². The molecule has 0 radical (unpaired) electrons. The summed E-state index contributed by atoms with van der Waals surface area (Å²) in [6.07, 6.45) is 11.5. The third-order valence-electron chi connectivity index (χ3n) is 2.61. The standard InChI is InChI=1S/C11H20N2/c1-3-5-6-11(4-2)9-13-8-7-12-10-13/h7-8,10-11H,3-6,9H2,1-2H3/p+1. The minimum atomic E-state index is 0.848. The summed E-state index contributed by atoms with van der Waals surface area (Å²) in [5.41, 5.74) is 0. The van der Waals surface area contributed by atoms with Gasteiger partial charge in [-0.15, -0.1) is 0 Å². The Bertz CT molecular complexity index is 204. The average molecular weight is 181 g/mol. The summed E-state index contributed by atoms with van der Waals surface area (Å²) < 4.78 is 2.24. The molecule has 74 valence electrons. The Balaban J connectivity index is 2.31. The summed E-state index contributed by atoms with van der Waals surface area (Å²) in [7, 11) is 0. The van der Waals surface area contributed by atoms with E-state index >= 15 is 0 Å². The van der Waals surface area contributed by atoms with Crippen LogP contribution >= 0.6 is 0 Å². The van der Waals surface area contributed by atoms with E-state index in [1.165, 1.54) is 32.2 Å². The van der Waals surface area contributed by atoms with Crippen molar-refractivity contribution in [2.75, 3.05) is 0 Å². The van der Waals surface area contributed by atoms with E-state index in [-0.39, 0.29) is 0 Å². The summed E-state index contributed by atoms with van der Waals surface area (Å²) >= 11 is 0. The molecule has 1 aromatic heterocycles. The number of hydrogen-bond acceptors (Lipinski definition) is 0. The van der Waals surface area contributed by atoms with Gasteiger partial charge in [0, 0.05) is 0 Å². The molecule has 2 heteroatoms. The van der Waals surface area contributed by atoms with Gasteiger partial charge >= 0.3 is 0 Å². The second kappa shape index (κ2) is 5.79. The van der Waals surface area contributed by atoms with Gasteiger partial charge in [-0.05, 0) is 18.8 Å². The maximum atomic E-state index is 3.08. The molecule has 0 aliphatic heterocycles. The molecule has 0 spiro atoms. The van der Waals surface area contributed by atoms with Crippen LogP contribution in [-0.2, 0) is 6.54 Å². The first-order chi connectivity index (χ1) is 6.36. The molecular formula is C11H21N2+. The van der Waals surface area contributed by atoms with E-state index in [4.69, 9.17) is 0 Å². The normalized spacial score (nSPS) is 13.1. The number of imidazole rings is 1. The molecule has 2 nitrogen and oxygen atoms in total. The lowest BCUT2D eigenvalue weighted by Crippen LogP contribution is -2.34. The second-order valence-electron chi connectivity index (χ2n) is 3.72. The monoisotopic (exact) mass is 181 g/mol. The topological polar surface area (TPSA) is 19.7 Å². The van der Waals surface area contributed by atoms with Crippen LogP contribution in [0.1, 0.15) is 39.5 Å². The Hall–Kier alpha value is -0.790. The summed E-state index contributed by atoms with van der Waals surface area (Å²) in [6, 6.07) is 0. The Kier molecular flexibility index (Phi) is 4.58. The van der Waals surface area contributed by atoms with E-state index in [9.17, 15) is 0 Å². The van der Waals surface area contributed by atoms with Crippen molar-refractivity contribution < 1.29 is 4.57 Å². The van der Waals surface area contributed by atoms with Gasteiger partial charge in [-0.1, -0.05) is 26.7 Å². The van der Waals surface area contributed by atoms with Crippen molar-refractivity contribution in [2.45, 2.75) is 46.1 Å². The van der Waals surface area contributed by atoms with Crippen LogP contribution in [0, 0.1) is 5.92 Å². The molecule has 1 heterocycles. The number of H-pyrrole nitrogens is 1. The van der Waals surface area contributed by atoms with Gasteiger partial charge in [-0.3, -0.25) is 4.98 Å². The van der Waals surface area contributed by atoms with Crippen molar-refractivity contribution in [1.82, 2.24) is 4.98 Å². The zero-order valence-corrected chi connectivity index (χ0v) is 8.79. The van der Waals surface area contributed by atoms with Crippen LogP contribution in [0.3, 0.4) is 0 Å². The van der Waals surface area contributed by atoms with Gasteiger partial charge in [0.25, 0.3) is 0 Å². The lowest BCUT2D eigenvalue weighted by Gasteiger charge is -2.11. The molecule has 1 unspecified atom stereocenters. The molecule has 0 bridgehead atoms. The number of aromatic amines is 1. The highest BCUT2D eigenvalue weighted by Gasteiger charge is 2.09. The molecule has 0 aliphatic carbocycles. The maximum Gasteiger partial charge on any atom is 0.241 e. The van der Waals surface area contributed by atoms with Crippen molar-refractivity contribution >= 4 is 0 Å². The predicted octanol–water partition coefficient (Wildman–Crippen LogP) is 2.52. The molecule has 1 aromatic rings. The Labute approximate surface area is 81.0 Å². The highest BCUT2D eigenvalue weighted by Crippen LogP contribution is 2.12. The van der Waals surface area contributed by atoms with Gasteiger partial charge in [0.05, 0.1) is 6.54 Å². The zero-order chi connectivity index (χ0) is 9.52. The molecule has 0 amide bonds. The third kappa shape index (κ3) is 3.62. The number of hydrogen-bond donors (Lipinski definition) is 1. The summed E-state index contributed by atoms with van der Waals surface area (Å²) in [4.78, 5) is 3.08. The Morgan fingerprint density at radius 3 is 2.77 bits per heavy atom. The van der Waals surface area contributed by atoms with Gasteiger partial charge in [0.15, 0.2) is 0 Å². The van der Waals surface area contributed by atoms with Crippen molar-refractivity contribution in [3.05, 3.63) is 18.7 Å². The molecule has 0 saturated carbocycles. The molecule has 0 fully saturated rings. The summed E-state index contributed by atoms with van der Waals surface area (Å²) in [6.45, 7) is 5.71. The van der Waals surface area contributed by atoms with Gasteiger partial charge in [-0.2, -0.15) is 0 Å². The lowest BCUT2D eigenvalue weighted by atomic mass is 9.99. The first-order valence-electron chi connectivity index (χ1n) is 5.38. The highest BCUT2D eigenvalue weighted by molar-refractivity contribution is 4.58. The number of aromatic nitrogens is 2. The van der Waals surface area contributed by atoms with Crippen LogP contribution in [0.25, 0.3) is 0 Å².